The molecule has 0 radical (unpaired) electrons. The van der Waals surface area contributed by atoms with Gasteiger partial charge in [0.1, 0.15) is 5.15 Å². The molecule has 0 spiro atoms. The third-order valence-electron chi connectivity index (χ3n) is 2.79. The van der Waals surface area contributed by atoms with Gasteiger partial charge in [-0.15, -0.1) is 0 Å². The molecular weight excluding hydrogens is 314 g/mol. The highest BCUT2D eigenvalue weighted by Gasteiger charge is 2.15. The maximum absolute atomic E-state index is 6.43. The molecule has 0 fully saturated rings. The molecule has 0 aliphatic heterocycles. The van der Waals surface area contributed by atoms with Gasteiger partial charge in [-0.05, 0) is 28.4 Å². The van der Waals surface area contributed by atoms with Gasteiger partial charge >= 0.3 is 0 Å². The van der Waals surface area contributed by atoms with E-state index in [1.54, 1.807) is 10.7 Å². The largest absolute Gasteiger partial charge is 0.232 e. The summed E-state index contributed by atoms with van der Waals surface area (Å²) < 4.78 is 2.48. The second kappa shape index (κ2) is 4.37. The number of halogens is 2. The summed E-state index contributed by atoms with van der Waals surface area (Å²) in [6.07, 6.45) is 1.70. The van der Waals surface area contributed by atoms with Crippen molar-refractivity contribution in [1.29, 1.82) is 0 Å². The first-order chi connectivity index (χ1) is 8.68. The normalized spacial score (nSPS) is 11.1. The van der Waals surface area contributed by atoms with Gasteiger partial charge in [0.25, 0.3) is 0 Å². The fraction of sp³-hybridized carbons (Fsp3) is 0.0769. The zero-order valence-corrected chi connectivity index (χ0v) is 11.9. The number of aryl methyl sites for hydroxylation is 1. The second-order valence-electron chi connectivity index (χ2n) is 3.96. The Labute approximate surface area is 118 Å². The van der Waals surface area contributed by atoms with Crippen LogP contribution in [0.25, 0.3) is 16.8 Å². The molecule has 0 unspecified atom stereocenters. The Bertz CT molecular complexity index is 722. The van der Waals surface area contributed by atoms with E-state index in [2.05, 4.69) is 26.0 Å². The summed E-state index contributed by atoms with van der Waals surface area (Å²) in [7, 11) is 0. The molecule has 5 heteroatoms. The maximum Gasteiger partial charge on any atom is 0.171 e. The van der Waals surface area contributed by atoms with Crippen LogP contribution in [0.15, 0.2) is 41.0 Å². The standard InChI is InChI=1S/C13H9BrClN3/c1-8-11(9-5-3-2-4-6-9)12(15)18-13(17-8)10(14)7-16-18/h2-7H,1H3. The molecular formula is C13H9BrClN3. The van der Waals surface area contributed by atoms with Gasteiger partial charge in [-0.25, -0.2) is 9.50 Å². The van der Waals surface area contributed by atoms with E-state index in [0.717, 1.165) is 26.9 Å². The minimum atomic E-state index is 0.578. The van der Waals surface area contributed by atoms with Gasteiger partial charge in [0.15, 0.2) is 5.65 Å². The highest BCUT2D eigenvalue weighted by molar-refractivity contribution is 9.10. The fourth-order valence-electron chi connectivity index (χ4n) is 1.97. The number of aromatic nitrogens is 3. The van der Waals surface area contributed by atoms with Crippen molar-refractivity contribution in [1.82, 2.24) is 14.6 Å². The molecule has 2 aromatic heterocycles. The summed E-state index contributed by atoms with van der Waals surface area (Å²) in [5.41, 5.74) is 3.58. The predicted octanol–water partition coefficient (Wildman–Crippen LogP) is 4.12. The van der Waals surface area contributed by atoms with Crippen molar-refractivity contribution in [2.24, 2.45) is 0 Å². The smallest absolute Gasteiger partial charge is 0.171 e. The zero-order chi connectivity index (χ0) is 12.7. The monoisotopic (exact) mass is 321 g/mol. The Kier molecular flexibility index (Phi) is 2.84. The lowest BCUT2D eigenvalue weighted by Crippen LogP contribution is -1.99. The van der Waals surface area contributed by atoms with E-state index < -0.39 is 0 Å². The number of nitrogens with zero attached hydrogens (tertiary/aromatic N) is 3. The molecule has 0 amide bonds. The van der Waals surface area contributed by atoms with Crippen LogP contribution in [0.2, 0.25) is 5.15 Å². The number of hydrogen-bond donors (Lipinski definition) is 0. The van der Waals surface area contributed by atoms with Crippen LogP contribution in [0.1, 0.15) is 5.69 Å². The lowest BCUT2D eigenvalue weighted by atomic mass is 10.1. The van der Waals surface area contributed by atoms with Crippen molar-refractivity contribution in [2.45, 2.75) is 6.92 Å². The van der Waals surface area contributed by atoms with Gasteiger partial charge < -0.3 is 0 Å². The molecule has 3 aromatic rings. The quantitative estimate of drug-likeness (QED) is 0.631. The number of hydrogen-bond acceptors (Lipinski definition) is 2. The van der Waals surface area contributed by atoms with E-state index in [4.69, 9.17) is 11.6 Å². The van der Waals surface area contributed by atoms with Crippen molar-refractivity contribution in [3.05, 3.63) is 51.8 Å². The van der Waals surface area contributed by atoms with Crippen LogP contribution < -0.4 is 0 Å². The molecule has 2 heterocycles. The van der Waals surface area contributed by atoms with Gasteiger partial charge in [0, 0.05) is 5.56 Å². The van der Waals surface area contributed by atoms with Gasteiger partial charge in [-0.3, -0.25) is 0 Å². The van der Waals surface area contributed by atoms with Gasteiger partial charge in [0.05, 0.1) is 16.4 Å². The SMILES string of the molecule is Cc1nc2c(Br)cnn2c(Cl)c1-c1ccccc1. The van der Waals surface area contributed by atoms with Crippen LogP contribution in [0.4, 0.5) is 0 Å². The van der Waals surface area contributed by atoms with Gasteiger partial charge in [0.2, 0.25) is 0 Å². The van der Waals surface area contributed by atoms with Crippen LogP contribution >= 0.6 is 27.5 Å². The van der Waals surface area contributed by atoms with Crippen LogP contribution in [0, 0.1) is 6.92 Å². The fourth-order valence-corrected chi connectivity index (χ4v) is 2.69. The molecule has 3 rings (SSSR count). The molecule has 0 atom stereocenters. The first-order valence-electron chi connectivity index (χ1n) is 5.43. The molecule has 90 valence electrons. The number of fused-ring (bicyclic) bond motifs is 1. The highest BCUT2D eigenvalue weighted by Crippen LogP contribution is 2.32. The molecule has 1 aromatic carbocycles. The summed E-state index contributed by atoms with van der Waals surface area (Å²) in [6, 6.07) is 9.96. The molecule has 0 saturated carbocycles. The topological polar surface area (TPSA) is 30.2 Å². The molecule has 0 N–H and O–H groups in total. The van der Waals surface area contributed by atoms with E-state index in [9.17, 15) is 0 Å². The van der Waals surface area contributed by atoms with Crippen LogP contribution in [0.3, 0.4) is 0 Å². The van der Waals surface area contributed by atoms with Crippen LogP contribution in [-0.4, -0.2) is 14.6 Å². The minimum absolute atomic E-state index is 0.578. The molecule has 18 heavy (non-hydrogen) atoms. The highest BCUT2D eigenvalue weighted by atomic mass is 79.9. The minimum Gasteiger partial charge on any atom is -0.232 e. The second-order valence-corrected chi connectivity index (χ2v) is 5.17. The molecule has 0 saturated heterocycles. The van der Waals surface area contributed by atoms with E-state index >= 15 is 0 Å². The average Bonchev–Trinajstić information content (AvgIpc) is 2.73. The molecule has 3 nitrogen and oxygen atoms in total. The third-order valence-corrected chi connectivity index (χ3v) is 3.70. The van der Waals surface area contributed by atoms with Crippen LogP contribution in [-0.2, 0) is 0 Å². The van der Waals surface area contributed by atoms with E-state index in [1.165, 1.54) is 0 Å². The summed E-state index contributed by atoms with van der Waals surface area (Å²) in [6.45, 7) is 1.95. The zero-order valence-electron chi connectivity index (χ0n) is 9.56. The molecule has 0 bridgehead atoms. The van der Waals surface area contributed by atoms with Gasteiger partial charge in [-0.1, -0.05) is 41.9 Å². The first kappa shape index (κ1) is 11.7. The number of benzene rings is 1. The Hall–Kier alpha value is -1.39. The van der Waals surface area contributed by atoms with E-state index in [1.807, 2.05) is 37.3 Å². The summed E-state index contributed by atoms with van der Waals surface area (Å²) in [5, 5.41) is 4.80. The Morgan fingerprint density at radius 2 is 1.94 bits per heavy atom. The molecule has 0 aliphatic carbocycles. The number of rotatable bonds is 1. The first-order valence-corrected chi connectivity index (χ1v) is 6.60. The predicted molar refractivity (Wildman–Crippen MR) is 75.9 cm³/mol. The van der Waals surface area contributed by atoms with Crippen molar-refractivity contribution < 1.29 is 0 Å². The van der Waals surface area contributed by atoms with Crippen molar-refractivity contribution in [2.75, 3.05) is 0 Å². The van der Waals surface area contributed by atoms with Gasteiger partial charge in [-0.2, -0.15) is 5.10 Å². The Morgan fingerprint density at radius 1 is 1.22 bits per heavy atom. The summed E-state index contributed by atoms with van der Waals surface area (Å²) in [5.74, 6) is 0. The Balaban J connectivity index is 2.37. The maximum atomic E-state index is 6.43. The van der Waals surface area contributed by atoms with Crippen molar-refractivity contribution in [3.63, 3.8) is 0 Å². The Morgan fingerprint density at radius 3 is 2.67 bits per heavy atom. The average molecular weight is 323 g/mol. The van der Waals surface area contributed by atoms with Crippen molar-refractivity contribution in [3.8, 4) is 11.1 Å². The van der Waals surface area contributed by atoms with E-state index in [-0.39, 0.29) is 0 Å². The molecule has 0 aliphatic rings. The summed E-state index contributed by atoms with van der Waals surface area (Å²) in [4.78, 5) is 4.54. The lowest BCUT2D eigenvalue weighted by molar-refractivity contribution is 0.933. The lowest BCUT2D eigenvalue weighted by Gasteiger charge is -2.09. The summed E-state index contributed by atoms with van der Waals surface area (Å²) >= 11 is 9.85. The van der Waals surface area contributed by atoms with E-state index in [0.29, 0.717) is 5.15 Å². The van der Waals surface area contributed by atoms with Crippen LogP contribution in [0.5, 0.6) is 0 Å². The third kappa shape index (κ3) is 1.72. The van der Waals surface area contributed by atoms with Crippen molar-refractivity contribution >= 4 is 33.2 Å².